The molecule has 1 atom stereocenters. The van der Waals surface area contributed by atoms with Gasteiger partial charge in [0.1, 0.15) is 11.5 Å². The largest absolute Gasteiger partial charge is 0.471 e. The summed E-state index contributed by atoms with van der Waals surface area (Å²) >= 11 is 0. The molecule has 0 fully saturated rings. The van der Waals surface area contributed by atoms with Crippen molar-refractivity contribution < 1.29 is 18.3 Å². The summed E-state index contributed by atoms with van der Waals surface area (Å²) in [6.45, 7) is 0. The second-order valence-electron chi connectivity index (χ2n) is 9.39. The molecule has 3 aliphatic heterocycles. The number of benzene rings is 4. The van der Waals surface area contributed by atoms with E-state index in [0.717, 1.165) is 22.3 Å². The Morgan fingerprint density at radius 1 is 0.576 bits per heavy atom. The number of hydrogen-bond donors (Lipinski definition) is 0. The van der Waals surface area contributed by atoms with Crippen LogP contribution in [0.25, 0.3) is 54.1 Å². The SMILES string of the molecule is c1cc2ccc3ccc4c5c3c2[n+](c1)C51c2c(ccc3c5cocc5c5ccc[n+]1c5c23)O4. The van der Waals surface area contributed by atoms with E-state index in [9.17, 15) is 0 Å². The van der Waals surface area contributed by atoms with Gasteiger partial charge in [0.05, 0.1) is 28.7 Å². The lowest BCUT2D eigenvalue weighted by Crippen LogP contribution is -2.72. The number of nitrogens with zero attached hydrogens (tertiary/aromatic N) is 2. The molecule has 0 radical (unpaired) electrons. The Hall–Kier alpha value is -4.44. The number of pyridine rings is 2. The molecule has 4 nitrogen and oxygen atoms in total. The molecule has 6 heterocycles. The van der Waals surface area contributed by atoms with Crippen molar-refractivity contribution in [3.63, 3.8) is 0 Å². The third-order valence-electron chi connectivity index (χ3n) is 8.16. The summed E-state index contributed by atoms with van der Waals surface area (Å²) in [5.74, 6) is 1.87. The Balaban J connectivity index is 1.61. The molecule has 0 saturated carbocycles. The van der Waals surface area contributed by atoms with Gasteiger partial charge in [-0.25, -0.2) is 0 Å². The minimum absolute atomic E-state index is 0.511. The summed E-state index contributed by atoms with van der Waals surface area (Å²) in [5, 5.41) is 9.78. The van der Waals surface area contributed by atoms with Crippen LogP contribution in [0.5, 0.6) is 11.5 Å². The molecule has 3 aliphatic rings. The first-order chi connectivity index (χ1) is 16.4. The lowest BCUT2D eigenvalue weighted by molar-refractivity contribution is -0.945. The number of aromatic nitrogens is 2. The van der Waals surface area contributed by atoms with E-state index in [2.05, 4.69) is 82.2 Å². The minimum atomic E-state index is -0.511. The molecule has 4 heteroatoms. The molecule has 1 unspecified atom stereocenters. The maximum absolute atomic E-state index is 6.65. The molecule has 1 spiro atoms. The highest BCUT2D eigenvalue weighted by atomic mass is 16.5. The van der Waals surface area contributed by atoms with Crippen molar-refractivity contribution in [2.45, 2.75) is 5.66 Å². The monoisotopic (exact) mass is 422 g/mol. The zero-order chi connectivity index (χ0) is 21.1. The Morgan fingerprint density at radius 2 is 1.27 bits per heavy atom. The van der Waals surface area contributed by atoms with E-state index in [1.807, 2.05) is 12.5 Å². The van der Waals surface area contributed by atoms with Gasteiger partial charge in [-0.3, -0.25) is 0 Å². The topological polar surface area (TPSA) is 30.1 Å². The first kappa shape index (κ1) is 15.4. The van der Waals surface area contributed by atoms with Crippen LogP contribution in [0.1, 0.15) is 11.1 Å². The van der Waals surface area contributed by atoms with E-state index < -0.39 is 5.66 Å². The van der Waals surface area contributed by atoms with Crippen LogP contribution in [0.2, 0.25) is 0 Å². The van der Waals surface area contributed by atoms with Crippen LogP contribution in [0.4, 0.5) is 0 Å². The van der Waals surface area contributed by atoms with Gasteiger partial charge < -0.3 is 9.15 Å². The predicted octanol–water partition coefficient (Wildman–Crippen LogP) is 5.65. The second kappa shape index (κ2) is 4.52. The van der Waals surface area contributed by atoms with Gasteiger partial charge >= 0.3 is 5.66 Å². The molecule has 0 bridgehead atoms. The summed E-state index contributed by atoms with van der Waals surface area (Å²) in [6, 6.07) is 21.9. The quantitative estimate of drug-likeness (QED) is 0.233. The van der Waals surface area contributed by atoms with Gasteiger partial charge in [0.25, 0.3) is 0 Å². The third-order valence-corrected chi connectivity index (χ3v) is 8.16. The van der Waals surface area contributed by atoms with Gasteiger partial charge in [-0.2, -0.15) is 0 Å². The van der Waals surface area contributed by atoms with Crippen LogP contribution in [0.3, 0.4) is 0 Å². The molecule has 0 amide bonds. The maximum Gasteiger partial charge on any atom is 0.425 e. The van der Waals surface area contributed by atoms with E-state index in [0.29, 0.717) is 0 Å². The molecule has 10 rings (SSSR count). The van der Waals surface area contributed by atoms with Gasteiger partial charge in [-0.1, -0.05) is 12.1 Å². The Kier molecular flexibility index (Phi) is 2.11. The average molecular weight is 422 g/mol. The highest BCUT2D eigenvalue weighted by Gasteiger charge is 2.69. The fourth-order valence-corrected chi connectivity index (χ4v) is 7.09. The fourth-order valence-electron chi connectivity index (χ4n) is 7.09. The van der Waals surface area contributed by atoms with Gasteiger partial charge in [-0.15, -0.1) is 9.13 Å². The summed E-state index contributed by atoms with van der Waals surface area (Å²) in [4.78, 5) is 0. The van der Waals surface area contributed by atoms with Gasteiger partial charge in [0, 0.05) is 33.7 Å². The van der Waals surface area contributed by atoms with E-state index in [1.165, 1.54) is 54.5 Å². The Morgan fingerprint density at radius 3 is 2.18 bits per heavy atom. The Labute approximate surface area is 186 Å². The van der Waals surface area contributed by atoms with E-state index in [4.69, 9.17) is 9.15 Å². The molecule has 33 heavy (non-hydrogen) atoms. The molecule has 4 aromatic carbocycles. The highest BCUT2D eigenvalue weighted by Crippen LogP contribution is 2.57. The van der Waals surface area contributed by atoms with Crippen LogP contribution >= 0.6 is 0 Å². The van der Waals surface area contributed by atoms with Gasteiger partial charge in [-0.05, 0) is 41.8 Å². The molecule has 0 saturated heterocycles. The number of fused-ring (bicyclic) bond motifs is 3. The van der Waals surface area contributed by atoms with Crippen LogP contribution in [0, 0.1) is 0 Å². The number of ether oxygens (including phenoxy) is 1. The first-order valence-corrected chi connectivity index (χ1v) is 11.3. The average Bonchev–Trinajstić information content (AvgIpc) is 3.55. The summed E-state index contributed by atoms with van der Waals surface area (Å²) in [6.07, 6.45) is 8.24. The standard InChI is InChI=1S/C29H14N2O2/c1-3-16-6-5-15-7-9-21-25-23(15)27(16)30(11-1)29(25)26-22(33-21)10-8-17-19-13-32-14-20(19)18-4-2-12-31(29)28(18)24(17)26/h1-14H/q+2. The van der Waals surface area contributed by atoms with E-state index in [-0.39, 0.29) is 0 Å². The molecular weight excluding hydrogens is 408 g/mol. The lowest BCUT2D eigenvalue weighted by atomic mass is 9.85. The maximum atomic E-state index is 6.65. The van der Waals surface area contributed by atoms with Crippen molar-refractivity contribution in [3.05, 3.63) is 96.7 Å². The van der Waals surface area contributed by atoms with Crippen LogP contribution in [-0.2, 0) is 5.66 Å². The van der Waals surface area contributed by atoms with Crippen LogP contribution < -0.4 is 13.9 Å². The second-order valence-corrected chi connectivity index (χ2v) is 9.39. The Bertz CT molecular complexity index is 2120. The lowest BCUT2D eigenvalue weighted by Gasteiger charge is -2.26. The zero-order valence-electron chi connectivity index (χ0n) is 17.3. The molecular formula is C29H14N2O2+2. The van der Waals surface area contributed by atoms with Gasteiger partial charge in [0.2, 0.25) is 11.0 Å². The van der Waals surface area contributed by atoms with Crippen molar-refractivity contribution in [2.75, 3.05) is 0 Å². The van der Waals surface area contributed by atoms with Crippen molar-refractivity contribution >= 4 is 54.1 Å². The molecule has 0 N–H and O–H groups in total. The number of furan rings is 1. The zero-order valence-corrected chi connectivity index (χ0v) is 17.3. The molecule has 3 aromatic heterocycles. The predicted molar refractivity (Wildman–Crippen MR) is 125 cm³/mol. The minimum Gasteiger partial charge on any atom is -0.471 e. The van der Waals surface area contributed by atoms with Crippen LogP contribution in [-0.4, -0.2) is 0 Å². The fraction of sp³-hybridized carbons (Fsp3) is 0.0345. The van der Waals surface area contributed by atoms with E-state index >= 15 is 0 Å². The van der Waals surface area contributed by atoms with Crippen molar-refractivity contribution in [1.29, 1.82) is 0 Å². The van der Waals surface area contributed by atoms with Crippen LogP contribution in [0.15, 0.2) is 90.0 Å². The number of rotatable bonds is 0. The highest BCUT2D eigenvalue weighted by molar-refractivity contribution is 6.25. The van der Waals surface area contributed by atoms with E-state index in [1.54, 1.807) is 0 Å². The third kappa shape index (κ3) is 1.33. The molecule has 150 valence electrons. The molecule has 0 aliphatic carbocycles. The summed E-state index contributed by atoms with van der Waals surface area (Å²) in [5.41, 5.74) is 4.47. The van der Waals surface area contributed by atoms with Gasteiger partial charge in [0.15, 0.2) is 23.5 Å². The van der Waals surface area contributed by atoms with Crippen molar-refractivity contribution in [1.82, 2.24) is 0 Å². The van der Waals surface area contributed by atoms with Crippen molar-refractivity contribution in [2.24, 2.45) is 0 Å². The summed E-state index contributed by atoms with van der Waals surface area (Å²) in [7, 11) is 0. The number of hydrogen-bond acceptors (Lipinski definition) is 2. The van der Waals surface area contributed by atoms with Crippen molar-refractivity contribution in [3.8, 4) is 11.5 Å². The molecule has 7 aromatic rings. The normalized spacial score (nSPS) is 18.7. The first-order valence-electron chi connectivity index (χ1n) is 11.3. The summed E-state index contributed by atoms with van der Waals surface area (Å²) < 4.78 is 17.3. The smallest absolute Gasteiger partial charge is 0.425 e.